The van der Waals surface area contributed by atoms with E-state index in [1.807, 2.05) is 6.92 Å². The molecular formula is C27H38F3O2P. The molecule has 0 aliphatic heterocycles. The molecule has 0 aromatic heterocycles. The van der Waals surface area contributed by atoms with Gasteiger partial charge in [-0.3, -0.25) is 0 Å². The third kappa shape index (κ3) is 7.20. The molecule has 2 aromatic rings. The molecular weight excluding hydrogens is 444 g/mol. The van der Waals surface area contributed by atoms with E-state index in [-0.39, 0.29) is 20.8 Å². The van der Waals surface area contributed by atoms with E-state index < -0.39 is 16.9 Å². The van der Waals surface area contributed by atoms with Gasteiger partial charge in [0.15, 0.2) is 6.79 Å². The normalized spacial score (nSPS) is 14.6. The van der Waals surface area contributed by atoms with Gasteiger partial charge in [-0.15, -0.1) is 0 Å². The van der Waals surface area contributed by atoms with Gasteiger partial charge < -0.3 is 9.47 Å². The molecule has 184 valence electrons. The summed E-state index contributed by atoms with van der Waals surface area (Å²) in [4.78, 5) is 0. The number of rotatable bonds is 10. The molecule has 33 heavy (non-hydrogen) atoms. The molecule has 0 fully saturated rings. The van der Waals surface area contributed by atoms with Crippen molar-refractivity contribution in [1.29, 1.82) is 0 Å². The molecule has 0 N–H and O–H groups in total. The van der Waals surface area contributed by atoms with Gasteiger partial charge in [-0.25, -0.2) is 0 Å². The maximum atomic E-state index is 13.8. The predicted octanol–water partition coefficient (Wildman–Crippen LogP) is 8.09. The van der Waals surface area contributed by atoms with Gasteiger partial charge in [0.1, 0.15) is 5.75 Å². The van der Waals surface area contributed by atoms with Crippen LogP contribution in [-0.2, 0) is 21.5 Å². The lowest BCUT2D eigenvalue weighted by atomic mass is 9.82. The van der Waals surface area contributed by atoms with Crippen molar-refractivity contribution in [1.82, 2.24) is 0 Å². The second-order valence-electron chi connectivity index (χ2n) is 9.93. The van der Waals surface area contributed by atoms with Crippen molar-refractivity contribution in [2.75, 3.05) is 13.9 Å². The highest BCUT2D eigenvalue weighted by Crippen LogP contribution is 2.51. The molecule has 0 heterocycles. The molecule has 2 atom stereocenters. The van der Waals surface area contributed by atoms with Gasteiger partial charge in [0.2, 0.25) is 0 Å². The summed E-state index contributed by atoms with van der Waals surface area (Å²) in [5.74, 6) is 0.723. The first-order valence-electron chi connectivity index (χ1n) is 11.5. The zero-order chi connectivity index (χ0) is 24.9. The summed E-state index contributed by atoms with van der Waals surface area (Å²) in [5, 5.41) is -0.161. The molecule has 0 bridgehead atoms. The Morgan fingerprint density at radius 2 is 1.61 bits per heavy atom. The molecule has 0 saturated carbocycles. The number of hydrogen-bond donors (Lipinski definition) is 0. The van der Waals surface area contributed by atoms with E-state index in [1.165, 1.54) is 12.1 Å². The summed E-state index contributed by atoms with van der Waals surface area (Å²) >= 11 is 0. The maximum Gasteiger partial charge on any atom is 0.417 e. The number of aryl methyl sites for hydroxylation is 1. The van der Waals surface area contributed by atoms with E-state index in [4.69, 9.17) is 9.47 Å². The summed E-state index contributed by atoms with van der Waals surface area (Å²) in [7, 11) is 1.52. The summed E-state index contributed by atoms with van der Waals surface area (Å²) in [6.07, 6.45) is -0.579. The molecule has 2 nitrogen and oxygen atoms in total. The average Bonchev–Trinajstić information content (AvgIpc) is 2.71. The van der Waals surface area contributed by atoms with Gasteiger partial charge >= 0.3 is 6.18 Å². The van der Waals surface area contributed by atoms with E-state index in [0.29, 0.717) is 5.30 Å². The van der Waals surface area contributed by atoms with Crippen LogP contribution in [0.5, 0.6) is 5.75 Å². The molecule has 0 aliphatic carbocycles. The topological polar surface area (TPSA) is 18.5 Å². The molecule has 0 saturated heterocycles. The Morgan fingerprint density at radius 1 is 0.939 bits per heavy atom. The third-order valence-electron chi connectivity index (χ3n) is 5.98. The lowest BCUT2D eigenvalue weighted by Gasteiger charge is -2.35. The lowest BCUT2D eigenvalue weighted by molar-refractivity contribution is -0.136. The fourth-order valence-electron chi connectivity index (χ4n) is 4.06. The number of alkyl halides is 3. The van der Waals surface area contributed by atoms with Crippen molar-refractivity contribution >= 4 is 13.9 Å². The Labute approximate surface area is 199 Å². The third-order valence-corrected chi connectivity index (χ3v) is 7.76. The number of unbranched alkanes of at least 4 members (excludes halogenated alkanes) is 2. The maximum absolute atomic E-state index is 13.8. The van der Waals surface area contributed by atoms with Crippen LogP contribution >= 0.6 is 8.58 Å². The van der Waals surface area contributed by atoms with Crippen LogP contribution in [0, 0.1) is 6.92 Å². The lowest BCUT2D eigenvalue weighted by Crippen LogP contribution is -2.26. The zero-order valence-corrected chi connectivity index (χ0v) is 22.0. The minimum absolute atomic E-state index is 0.0536. The summed E-state index contributed by atoms with van der Waals surface area (Å²) < 4.78 is 52.7. The van der Waals surface area contributed by atoms with Crippen molar-refractivity contribution in [3.63, 3.8) is 0 Å². The second kappa shape index (κ2) is 11.2. The number of hydrogen-bond acceptors (Lipinski definition) is 2. The van der Waals surface area contributed by atoms with Crippen molar-refractivity contribution in [2.45, 2.75) is 84.0 Å². The summed E-state index contributed by atoms with van der Waals surface area (Å²) in [6, 6.07) is 10.2. The molecule has 2 unspecified atom stereocenters. The zero-order valence-electron chi connectivity index (χ0n) is 21.0. The monoisotopic (exact) mass is 482 g/mol. The highest BCUT2D eigenvalue weighted by Gasteiger charge is 2.37. The Balaban J connectivity index is 2.71. The Kier molecular flexibility index (Phi) is 9.41. The molecule has 6 heteroatoms. The Hall–Kier alpha value is -1.58. The second-order valence-corrected chi connectivity index (χ2v) is 11.8. The van der Waals surface area contributed by atoms with Crippen LogP contribution in [0.3, 0.4) is 0 Å². The highest BCUT2D eigenvalue weighted by molar-refractivity contribution is 7.48. The van der Waals surface area contributed by atoms with Gasteiger partial charge in [0.05, 0.1) is 5.56 Å². The van der Waals surface area contributed by atoms with Crippen molar-refractivity contribution < 1.29 is 22.6 Å². The largest absolute Gasteiger partial charge is 0.467 e. The van der Waals surface area contributed by atoms with Crippen LogP contribution in [0.25, 0.3) is 0 Å². The number of benzene rings is 2. The highest BCUT2D eigenvalue weighted by atomic mass is 31.1. The van der Waals surface area contributed by atoms with E-state index in [1.54, 1.807) is 19.2 Å². The minimum Gasteiger partial charge on any atom is -0.467 e. The molecule has 0 amide bonds. The van der Waals surface area contributed by atoms with Gasteiger partial charge in [-0.05, 0) is 41.3 Å². The van der Waals surface area contributed by atoms with Crippen LogP contribution in [0.15, 0.2) is 36.4 Å². The van der Waals surface area contributed by atoms with E-state index in [2.05, 4.69) is 46.8 Å². The van der Waals surface area contributed by atoms with Crippen LogP contribution in [0.4, 0.5) is 13.2 Å². The van der Waals surface area contributed by atoms with Gasteiger partial charge in [0, 0.05) is 17.8 Å². The van der Waals surface area contributed by atoms with E-state index >= 15 is 0 Å². The van der Waals surface area contributed by atoms with Crippen molar-refractivity contribution in [2.24, 2.45) is 0 Å². The molecule has 2 rings (SSSR count). The van der Waals surface area contributed by atoms with E-state index in [9.17, 15) is 13.2 Å². The first-order valence-corrected chi connectivity index (χ1v) is 12.5. The first-order chi connectivity index (χ1) is 15.3. The first kappa shape index (κ1) is 27.7. The summed E-state index contributed by atoms with van der Waals surface area (Å²) in [6.45, 7) is 12.8. The molecule has 2 aromatic carbocycles. The standard InChI is InChI=1S/C27H38F3O2P/c1-8-9-12-15-26(6,33-23-14-11-10-13-21(23)27(28,29)30)22-17-20(25(3,4)5)16-19(2)24(22)32-18-31-7/h10-11,13-14,16-17,33H,8-9,12,15,18H2,1-7H3. The van der Waals surface area contributed by atoms with Crippen LogP contribution in [-0.4, -0.2) is 13.9 Å². The molecule has 0 spiro atoms. The Bertz CT molecular complexity index is 919. The Morgan fingerprint density at radius 3 is 2.18 bits per heavy atom. The van der Waals surface area contributed by atoms with Gasteiger partial charge in [0.25, 0.3) is 0 Å². The predicted molar refractivity (Wildman–Crippen MR) is 133 cm³/mol. The molecule has 0 radical (unpaired) electrons. The summed E-state index contributed by atoms with van der Waals surface area (Å²) in [5.41, 5.74) is 2.45. The van der Waals surface area contributed by atoms with Crippen molar-refractivity contribution in [3.8, 4) is 5.75 Å². The van der Waals surface area contributed by atoms with Gasteiger partial charge in [-0.2, -0.15) is 13.2 Å². The molecule has 0 aliphatic rings. The van der Waals surface area contributed by atoms with Crippen molar-refractivity contribution in [3.05, 3.63) is 58.7 Å². The van der Waals surface area contributed by atoms with Crippen LogP contribution in [0.2, 0.25) is 0 Å². The smallest absolute Gasteiger partial charge is 0.417 e. The van der Waals surface area contributed by atoms with Crippen LogP contribution in [0.1, 0.15) is 82.6 Å². The fraction of sp³-hybridized carbons (Fsp3) is 0.556. The SMILES string of the molecule is CCCCCC(C)(Pc1ccccc1C(F)(F)F)c1cc(C(C)(C)C)cc(C)c1OCOC. The minimum atomic E-state index is -4.38. The number of methoxy groups -OCH3 is 1. The average molecular weight is 483 g/mol. The van der Waals surface area contributed by atoms with Gasteiger partial charge in [-0.1, -0.05) is 92.8 Å². The number of halogens is 3. The van der Waals surface area contributed by atoms with Crippen LogP contribution < -0.4 is 10.0 Å². The van der Waals surface area contributed by atoms with E-state index in [0.717, 1.165) is 48.1 Å². The quantitative estimate of drug-likeness (QED) is 0.194. The fourth-order valence-corrected chi connectivity index (χ4v) is 5.81. The number of ether oxygens (including phenoxy) is 2.